The number of nitrogens with one attached hydrogen (secondary N) is 2. The van der Waals surface area contributed by atoms with Crippen LogP contribution in [0.3, 0.4) is 0 Å². The lowest BCUT2D eigenvalue weighted by molar-refractivity contribution is -0.138. The molecule has 2 saturated heterocycles. The molecular weight excluding hydrogens is 554 g/mol. The predicted molar refractivity (Wildman–Crippen MR) is 152 cm³/mol. The number of aromatic nitrogens is 1. The van der Waals surface area contributed by atoms with Gasteiger partial charge in [-0.25, -0.2) is 4.39 Å². The first-order valence-corrected chi connectivity index (χ1v) is 13.7. The monoisotopic (exact) mass is 587 g/mol. The second kappa shape index (κ2) is 11.9. The summed E-state index contributed by atoms with van der Waals surface area (Å²) in [5.41, 5.74) is -0.824. The van der Waals surface area contributed by atoms with Crippen LogP contribution in [-0.4, -0.2) is 79.7 Å². The van der Waals surface area contributed by atoms with E-state index >= 15 is 4.39 Å². The first-order valence-electron chi connectivity index (χ1n) is 13.7. The first kappa shape index (κ1) is 29.7. The van der Waals surface area contributed by atoms with Crippen molar-refractivity contribution in [3.05, 3.63) is 81.5 Å². The van der Waals surface area contributed by atoms with Gasteiger partial charge in [-0.05, 0) is 50.3 Å². The highest BCUT2D eigenvalue weighted by molar-refractivity contribution is 6.07. The molecule has 2 aliphatic rings. The van der Waals surface area contributed by atoms with Crippen molar-refractivity contribution in [1.82, 2.24) is 14.8 Å². The van der Waals surface area contributed by atoms with Gasteiger partial charge in [-0.2, -0.15) is 13.2 Å². The molecule has 224 valence electrons. The number of benzene rings is 2. The molecule has 0 aliphatic carbocycles. The van der Waals surface area contributed by atoms with E-state index < -0.39 is 34.6 Å². The summed E-state index contributed by atoms with van der Waals surface area (Å²) in [4.78, 5) is 33.3. The minimum Gasteiger partial charge on any atom is -0.378 e. The molecule has 0 saturated carbocycles. The quantitative estimate of drug-likeness (QED) is 0.399. The molecule has 1 amide bonds. The third kappa shape index (κ3) is 6.35. The standard InChI is InChI=1S/C30H33F4N5O3/c1-18-14-39(8-7-37(18)2)27-12-25(31)22(20-6-4-5-19(9-20)15-38(3)21-16-42-17-21)10-26(27)36-29(41)23-13-35-28(40)11-24(23)30(32,33)34/h4-6,9-13,18,21H,7-8,14-17H2,1-3H3,(H,35,40)(H,36,41)/t18-/m1/s1. The largest absolute Gasteiger partial charge is 0.417 e. The zero-order valence-electron chi connectivity index (χ0n) is 23.6. The number of likely N-dealkylation sites (N-methyl/N-ethyl adjacent to an activating group) is 2. The van der Waals surface area contributed by atoms with Crippen LogP contribution in [0.2, 0.25) is 0 Å². The maximum absolute atomic E-state index is 15.8. The van der Waals surface area contributed by atoms with Gasteiger partial charge in [-0.15, -0.1) is 0 Å². The summed E-state index contributed by atoms with van der Waals surface area (Å²) < 4.78 is 62.2. The fourth-order valence-corrected chi connectivity index (χ4v) is 5.23. The molecule has 3 aromatic rings. The summed E-state index contributed by atoms with van der Waals surface area (Å²) >= 11 is 0. The average molecular weight is 588 g/mol. The zero-order chi connectivity index (χ0) is 30.2. The Balaban J connectivity index is 1.53. The number of amides is 1. The van der Waals surface area contributed by atoms with Gasteiger partial charge >= 0.3 is 6.18 Å². The van der Waals surface area contributed by atoms with Crippen LogP contribution < -0.4 is 15.8 Å². The highest BCUT2D eigenvalue weighted by atomic mass is 19.4. The van der Waals surface area contributed by atoms with Crippen LogP contribution in [0.25, 0.3) is 11.1 Å². The van der Waals surface area contributed by atoms with Crippen molar-refractivity contribution in [3.8, 4) is 11.1 Å². The SMILES string of the molecule is C[C@@H]1CN(c2cc(F)c(-c3cccc(CN(C)C4COC4)c3)cc2NC(=O)c2c[nH]c(=O)cc2C(F)(F)F)CCN1C. The Morgan fingerprint density at radius 3 is 2.60 bits per heavy atom. The van der Waals surface area contributed by atoms with Crippen molar-refractivity contribution < 1.29 is 27.1 Å². The van der Waals surface area contributed by atoms with Gasteiger partial charge in [0.2, 0.25) is 5.56 Å². The number of nitrogens with zero attached hydrogens (tertiary/aromatic N) is 3. The van der Waals surface area contributed by atoms with Crippen LogP contribution in [0.1, 0.15) is 28.4 Å². The molecule has 2 N–H and O–H groups in total. The van der Waals surface area contributed by atoms with E-state index in [0.29, 0.717) is 62.8 Å². The Bertz CT molecular complexity index is 1520. The molecular formula is C30H33F4N5O3. The van der Waals surface area contributed by atoms with E-state index in [1.807, 2.05) is 44.1 Å². The number of pyridine rings is 1. The molecule has 8 nitrogen and oxygen atoms in total. The van der Waals surface area contributed by atoms with Gasteiger partial charge in [0.1, 0.15) is 5.82 Å². The van der Waals surface area contributed by atoms with Crippen LogP contribution in [0.15, 0.2) is 53.5 Å². The molecule has 3 heterocycles. The van der Waals surface area contributed by atoms with Gasteiger partial charge < -0.3 is 24.8 Å². The van der Waals surface area contributed by atoms with Crippen molar-refractivity contribution in [2.45, 2.75) is 31.7 Å². The highest BCUT2D eigenvalue weighted by Crippen LogP contribution is 2.37. The number of carbonyl (C=O) groups excluding carboxylic acids is 1. The van der Waals surface area contributed by atoms with Crippen LogP contribution in [0, 0.1) is 5.82 Å². The maximum Gasteiger partial charge on any atom is 0.417 e. The smallest absolute Gasteiger partial charge is 0.378 e. The molecule has 2 fully saturated rings. The summed E-state index contributed by atoms with van der Waals surface area (Å²) in [5, 5.41) is 2.59. The third-order valence-electron chi connectivity index (χ3n) is 8.02. The Labute approximate surface area is 240 Å². The number of carbonyl (C=O) groups is 1. The molecule has 2 aromatic carbocycles. The number of piperazine rings is 1. The van der Waals surface area contributed by atoms with Gasteiger partial charge in [0, 0.05) is 50.0 Å². The van der Waals surface area contributed by atoms with Gasteiger partial charge in [-0.3, -0.25) is 14.5 Å². The Kier molecular flexibility index (Phi) is 8.40. The second-order valence-electron chi connectivity index (χ2n) is 11.0. The maximum atomic E-state index is 15.8. The van der Waals surface area contributed by atoms with Gasteiger partial charge in [0.15, 0.2) is 0 Å². The number of anilines is 2. The number of ether oxygens (including phenoxy) is 1. The number of hydrogen-bond acceptors (Lipinski definition) is 6. The summed E-state index contributed by atoms with van der Waals surface area (Å²) in [6.45, 7) is 5.69. The van der Waals surface area contributed by atoms with E-state index in [-0.39, 0.29) is 17.3 Å². The molecule has 42 heavy (non-hydrogen) atoms. The lowest BCUT2D eigenvalue weighted by atomic mass is 9.99. The van der Waals surface area contributed by atoms with E-state index in [9.17, 15) is 22.8 Å². The Hall–Kier alpha value is -3.74. The molecule has 1 atom stereocenters. The second-order valence-corrected chi connectivity index (χ2v) is 11.0. The number of H-pyrrole nitrogens is 1. The van der Waals surface area contributed by atoms with E-state index in [4.69, 9.17) is 4.74 Å². The van der Waals surface area contributed by atoms with Crippen molar-refractivity contribution in [2.75, 3.05) is 57.2 Å². The van der Waals surface area contributed by atoms with Crippen LogP contribution in [0.4, 0.5) is 28.9 Å². The third-order valence-corrected chi connectivity index (χ3v) is 8.02. The first-order chi connectivity index (χ1) is 19.9. The lowest BCUT2D eigenvalue weighted by Crippen LogP contribution is -2.50. The summed E-state index contributed by atoms with van der Waals surface area (Å²) in [7, 11) is 3.97. The minimum atomic E-state index is -4.93. The number of aromatic amines is 1. The number of hydrogen-bond donors (Lipinski definition) is 2. The number of alkyl halides is 3. The molecule has 5 rings (SSSR count). The molecule has 1 aromatic heterocycles. The molecule has 0 radical (unpaired) electrons. The van der Waals surface area contributed by atoms with E-state index in [2.05, 4.69) is 20.1 Å². The van der Waals surface area contributed by atoms with Gasteiger partial charge in [0.05, 0.1) is 41.8 Å². The Morgan fingerprint density at radius 1 is 1.17 bits per heavy atom. The normalized spacial score (nSPS) is 18.3. The van der Waals surface area contributed by atoms with E-state index in [0.717, 1.165) is 11.8 Å². The zero-order valence-corrected chi connectivity index (χ0v) is 23.6. The molecule has 0 spiro atoms. The number of rotatable bonds is 7. The van der Waals surface area contributed by atoms with Crippen molar-refractivity contribution in [2.24, 2.45) is 0 Å². The Morgan fingerprint density at radius 2 is 1.93 bits per heavy atom. The molecule has 0 bridgehead atoms. The van der Waals surface area contributed by atoms with Crippen molar-refractivity contribution >= 4 is 17.3 Å². The van der Waals surface area contributed by atoms with Crippen LogP contribution in [-0.2, 0) is 17.5 Å². The van der Waals surface area contributed by atoms with Crippen LogP contribution in [0.5, 0.6) is 0 Å². The van der Waals surface area contributed by atoms with Crippen molar-refractivity contribution in [3.63, 3.8) is 0 Å². The lowest BCUT2D eigenvalue weighted by Gasteiger charge is -2.39. The van der Waals surface area contributed by atoms with Crippen LogP contribution >= 0.6 is 0 Å². The fraction of sp³-hybridized carbons (Fsp3) is 0.400. The van der Waals surface area contributed by atoms with Gasteiger partial charge in [-0.1, -0.05) is 18.2 Å². The van der Waals surface area contributed by atoms with E-state index in [1.54, 1.807) is 6.07 Å². The highest BCUT2D eigenvalue weighted by Gasteiger charge is 2.36. The number of halogens is 4. The molecule has 0 unspecified atom stereocenters. The summed E-state index contributed by atoms with van der Waals surface area (Å²) in [5.74, 6) is -1.59. The topological polar surface area (TPSA) is 80.9 Å². The average Bonchev–Trinajstić information content (AvgIpc) is 2.89. The molecule has 12 heteroatoms. The summed E-state index contributed by atoms with van der Waals surface area (Å²) in [6.07, 6.45) is -4.18. The van der Waals surface area contributed by atoms with E-state index in [1.165, 1.54) is 12.1 Å². The van der Waals surface area contributed by atoms with Gasteiger partial charge in [0.25, 0.3) is 5.91 Å². The van der Waals surface area contributed by atoms with Crippen molar-refractivity contribution in [1.29, 1.82) is 0 Å². The minimum absolute atomic E-state index is 0.121. The fourth-order valence-electron chi connectivity index (χ4n) is 5.23. The predicted octanol–water partition coefficient (Wildman–Crippen LogP) is 4.42. The molecule has 2 aliphatic heterocycles. The summed E-state index contributed by atoms with van der Waals surface area (Å²) in [6, 6.07) is 10.9.